The number of hydrogen-bond acceptors (Lipinski definition) is 2. The van der Waals surface area contributed by atoms with Crippen molar-refractivity contribution in [2.24, 2.45) is 5.92 Å². The van der Waals surface area contributed by atoms with Crippen molar-refractivity contribution < 1.29 is 9.59 Å². The average molecular weight is 343 g/mol. The minimum absolute atomic E-state index is 0.0135. The van der Waals surface area contributed by atoms with E-state index in [-0.39, 0.29) is 17.7 Å². The molecule has 1 amide bonds. The van der Waals surface area contributed by atoms with Crippen LogP contribution in [0, 0.1) is 5.92 Å². The summed E-state index contributed by atoms with van der Waals surface area (Å²) in [4.78, 5) is 23.9. The Hall–Kier alpha value is 0.1000. The van der Waals surface area contributed by atoms with Crippen LogP contribution in [0.5, 0.6) is 0 Å². The first-order chi connectivity index (χ1) is 6.95. The SMILES string of the molecule is BrCBr.CC(=O)C1C(C)CCN1C(C)=O. The number of ketones is 1. The average Bonchev–Trinajstić information content (AvgIpc) is 2.48. The summed E-state index contributed by atoms with van der Waals surface area (Å²) in [6, 6.07) is -0.164. The molecule has 0 spiro atoms. The number of carbonyl (C=O) groups is 2. The van der Waals surface area contributed by atoms with Gasteiger partial charge in [-0.15, -0.1) is 0 Å². The first-order valence-corrected chi connectivity index (χ1v) is 7.09. The van der Waals surface area contributed by atoms with Crippen molar-refractivity contribution in [2.45, 2.75) is 33.2 Å². The summed E-state index contributed by atoms with van der Waals surface area (Å²) in [5.41, 5.74) is 0. The largest absolute Gasteiger partial charge is 0.333 e. The third kappa shape index (κ3) is 4.64. The standard InChI is InChI=1S/C9H15NO2.CH2Br2/c1-6-4-5-10(8(3)12)9(6)7(2)11;2-1-3/h6,9H,4-5H2,1-3H3;1H2. The summed E-state index contributed by atoms with van der Waals surface area (Å²) < 4.78 is 0.875. The molecule has 1 saturated heterocycles. The van der Waals surface area contributed by atoms with Gasteiger partial charge in [-0.2, -0.15) is 0 Å². The molecule has 2 unspecified atom stereocenters. The Morgan fingerprint density at radius 3 is 2.07 bits per heavy atom. The number of nitrogens with zero attached hydrogens (tertiary/aromatic N) is 1. The van der Waals surface area contributed by atoms with E-state index in [2.05, 4.69) is 31.9 Å². The number of carbonyl (C=O) groups excluding carboxylic acids is 2. The number of halogens is 2. The fraction of sp³-hybridized carbons (Fsp3) is 0.800. The number of amides is 1. The Kier molecular flexibility index (Phi) is 7.44. The zero-order valence-corrected chi connectivity index (χ0v) is 12.5. The van der Waals surface area contributed by atoms with Gasteiger partial charge >= 0.3 is 0 Å². The first-order valence-electron chi connectivity index (χ1n) is 4.85. The summed E-state index contributed by atoms with van der Waals surface area (Å²) >= 11 is 6.12. The lowest BCUT2D eigenvalue weighted by Gasteiger charge is -2.22. The number of likely N-dealkylation sites (tertiary alicyclic amines) is 1. The van der Waals surface area contributed by atoms with Crippen LogP contribution < -0.4 is 0 Å². The fourth-order valence-corrected chi connectivity index (χ4v) is 1.92. The number of rotatable bonds is 1. The minimum atomic E-state index is -0.164. The zero-order valence-electron chi connectivity index (χ0n) is 9.30. The summed E-state index contributed by atoms with van der Waals surface area (Å²) in [6.07, 6.45) is 0.948. The van der Waals surface area contributed by atoms with Crippen molar-refractivity contribution in [1.82, 2.24) is 4.90 Å². The van der Waals surface area contributed by atoms with Gasteiger partial charge in [0.05, 0.1) is 10.3 Å². The van der Waals surface area contributed by atoms with Crippen LogP contribution in [0.4, 0.5) is 0 Å². The molecule has 1 aliphatic heterocycles. The molecule has 0 aliphatic carbocycles. The Labute approximate surface area is 108 Å². The van der Waals surface area contributed by atoms with Crippen LogP contribution in [-0.2, 0) is 9.59 Å². The van der Waals surface area contributed by atoms with E-state index in [4.69, 9.17) is 0 Å². The van der Waals surface area contributed by atoms with Crippen LogP contribution in [-0.4, -0.2) is 33.4 Å². The number of alkyl halides is 2. The first kappa shape index (κ1) is 15.1. The van der Waals surface area contributed by atoms with Crippen LogP contribution in [0.3, 0.4) is 0 Å². The fourth-order valence-electron chi connectivity index (χ4n) is 1.92. The molecule has 1 heterocycles. The maximum absolute atomic E-state index is 11.2. The molecular weight excluding hydrogens is 326 g/mol. The van der Waals surface area contributed by atoms with Gasteiger partial charge < -0.3 is 4.90 Å². The lowest BCUT2D eigenvalue weighted by atomic mass is 10.00. The molecule has 0 radical (unpaired) electrons. The van der Waals surface area contributed by atoms with E-state index in [0.717, 1.165) is 17.2 Å². The maximum atomic E-state index is 11.2. The smallest absolute Gasteiger partial charge is 0.220 e. The van der Waals surface area contributed by atoms with Gasteiger partial charge in [0.1, 0.15) is 0 Å². The van der Waals surface area contributed by atoms with Crippen molar-refractivity contribution in [3.05, 3.63) is 0 Å². The number of hydrogen-bond donors (Lipinski definition) is 0. The minimum Gasteiger partial charge on any atom is -0.333 e. The van der Waals surface area contributed by atoms with E-state index < -0.39 is 0 Å². The quantitative estimate of drug-likeness (QED) is 0.687. The second-order valence-corrected chi connectivity index (χ2v) is 6.26. The Bertz CT molecular complexity index is 233. The third-order valence-corrected chi connectivity index (χ3v) is 2.52. The molecule has 0 saturated carbocycles. The second kappa shape index (κ2) is 7.39. The highest BCUT2D eigenvalue weighted by atomic mass is 79.9. The van der Waals surface area contributed by atoms with Crippen molar-refractivity contribution in [3.63, 3.8) is 0 Å². The molecular formula is C10H17Br2NO2. The van der Waals surface area contributed by atoms with Gasteiger partial charge in [0.2, 0.25) is 5.91 Å². The van der Waals surface area contributed by atoms with Gasteiger partial charge in [-0.25, -0.2) is 0 Å². The highest BCUT2D eigenvalue weighted by Crippen LogP contribution is 2.24. The second-order valence-electron chi connectivity index (χ2n) is 3.63. The van der Waals surface area contributed by atoms with Crippen LogP contribution in [0.25, 0.3) is 0 Å². The van der Waals surface area contributed by atoms with E-state index >= 15 is 0 Å². The molecule has 0 aromatic rings. The maximum Gasteiger partial charge on any atom is 0.220 e. The predicted octanol–water partition coefficient (Wildman–Crippen LogP) is 2.57. The van der Waals surface area contributed by atoms with Crippen molar-refractivity contribution >= 4 is 43.6 Å². The van der Waals surface area contributed by atoms with Crippen LogP contribution in [0.15, 0.2) is 0 Å². The van der Waals surface area contributed by atoms with Crippen LogP contribution in [0.1, 0.15) is 27.2 Å². The normalized spacial score (nSPS) is 24.5. The number of Topliss-reactive ketones (excluding diaryl/α,β-unsaturated/α-hetero) is 1. The molecule has 5 heteroatoms. The Morgan fingerprint density at radius 2 is 1.80 bits per heavy atom. The molecule has 0 bridgehead atoms. The highest BCUT2D eigenvalue weighted by Gasteiger charge is 2.35. The molecule has 2 atom stereocenters. The lowest BCUT2D eigenvalue weighted by molar-refractivity contribution is -0.135. The molecule has 15 heavy (non-hydrogen) atoms. The predicted molar refractivity (Wildman–Crippen MR) is 68.4 cm³/mol. The van der Waals surface area contributed by atoms with E-state index in [1.807, 2.05) is 6.92 Å². The third-order valence-electron chi connectivity index (χ3n) is 2.52. The van der Waals surface area contributed by atoms with Gasteiger partial charge in [-0.3, -0.25) is 9.59 Å². The van der Waals surface area contributed by atoms with Crippen molar-refractivity contribution in [2.75, 3.05) is 10.8 Å². The Balaban J connectivity index is 0.000000583. The van der Waals surface area contributed by atoms with Gasteiger partial charge in [0.15, 0.2) is 5.78 Å². The molecule has 1 rings (SSSR count). The van der Waals surface area contributed by atoms with Gasteiger partial charge in [-0.1, -0.05) is 38.8 Å². The van der Waals surface area contributed by atoms with E-state index in [1.54, 1.807) is 11.8 Å². The molecule has 88 valence electrons. The zero-order chi connectivity index (χ0) is 12.0. The van der Waals surface area contributed by atoms with Crippen LogP contribution in [0.2, 0.25) is 0 Å². The molecule has 1 aliphatic rings. The van der Waals surface area contributed by atoms with Crippen LogP contribution >= 0.6 is 31.9 Å². The van der Waals surface area contributed by atoms with E-state index in [9.17, 15) is 9.59 Å². The molecule has 0 aromatic heterocycles. The van der Waals surface area contributed by atoms with E-state index in [0.29, 0.717) is 5.92 Å². The van der Waals surface area contributed by atoms with Gasteiger partial charge in [0, 0.05) is 13.5 Å². The van der Waals surface area contributed by atoms with Gasteiger partial charge in [-0.05, 0) is 19.3 Å². The van der Waals surface area contributed by atoms with Crippen molar-refractivity contribution in [1.29, 1.82) is 0 Å². The summed E-state index contributed by atoms with van der Waals surface area (Å²) in [7, 11) is 0. The lowest BCUT2D eigenvalue weighted by Crippen LogP contribution is -2.40. The highest BCUT2D eigenvalue weighted by molar-refractivity contribution is 9.24. The van der Waals surface area contributed by atoms with Gasteiger partial charge in [0.25, 0.3) is 0 Å². The monoisotopic (exact) mass is 341 g/mol. The summed E-state index contributed by atoms with van der Waals surface area (Å²) in [5, 5.41) is 0. The Morgan fingerprint density at radius 1 is 1.33 bits per heavy atom. The summed E-state index contributed by atoms with van der Waals surface area (Å²) in [5.74, 6) is 0.446. The topological polar surface area (TPSA) is 37.4 Å². The molecule has 0 aromatic carbocycles. The van der Waals surface area contributed by atoms with Crippen molar-refractivity contribution in [3.8, 4) is 0 Å². The summed E-state index contributed by atoms with van der Waals surface area (Å²) in [6.45, 7) is 5.84. The molecule has 3 nitrogen and oxygen atoms in total. The molecule has 1 fully saturated rings. The van der Waals surface area contributed by atoms with E-state index in [1.165, 1.54) is 6.92 Å². The molecule has 0 N–H and O–H groups in total.